The highest BCUT2D eigenvalue weighted by Gasteiger charge is 2.22. The third-order valence-corrected chi connectivity index (χ3v) is 5.48. The first-order valence-electron chi connectivity index (χ1n) is 9.49. The molecule has 0 saturated carbocycles. The van der Waals surface area contributed by atoms with E-state index in [-0.39, 0.29) is 24.2 Å². The number of anilines is 1. The molecular formula is C20H30ClN3O2. The molecule has 5 nitrogen and oxygen atoms in total. The van der Waals surface area contributed by atoms with E-state index in [1.165, 1.54) is 12.8 Å². The molecule has 2 N–H and O–H groups in total. The zero-order chi connectivity index (χ0) is 17.6. The molecule has 0 bridgehead atoms. The number of rotatable bonds is 6. The number of piperidine rings is 1. The standard InChI is InChI=1S/C20H29N3O2.ClH/c1-15(17-8-10-21-11-9-17)13-19(24)22-18-6-4-16(5-7-18)14-23-12-2-3-20(23)25;/h4-7,15,17,21H,2-3,8-14H2,1H3,(H,22,24);1H. The fraction of sp³-hybridized carbons (Fsp3) is 0.600. The molecule has 1 aromatic carbocycles. The van der Waals surface area contributed by atoms with Crippen molar-refractivity contribution in [2.45, 2.75) is 45.6 Å². The molecule has 2 amide bonds. The molecule has 0 aromatic heterocycles. The van der Waals surface area contributed by atoms with Gasteiger partial charge in [0.1, 0.15) is 0 Å². The molecule has 2 aliphatic heterocycles. The Morgan fingerprint density at radius 1 is 1.27 bits per heavy atom. The monoisotopic (exact) mass is 379 g/mol. The molecular weight excluding hydrogens is 350 g/mol. The van der Waals surface area contributed by atoms with Gasteiger partial charge >= 0.3 is 0 Å². The lowest BCUT2D eigenvalue weighted by Gasteiger charge is -2.27. The lowest BCUT2D eigenvalue weighted by atomic mass is 9.84. The largest absolute Gasteiger partial charge is 0.338 e. The first-order valence-corrected chi connectivity index (χ1v) is 9.49. The van der Waals surface area contributed by atoms with Crippen LogP contribution in [-0.2, 0) is 16.1 Å². The Morgan fingerprint density at radius 3 is 2.58 bits per heavy atom. The summed E-state index contributed by atoms with van der Waals surface area (Å²) in [4.78, 5) is 25.9. The molecule has 0 aliphatic carbocycles. The zero-order valence-electron chi connectivity index (χ0n) is 15.5. The van der Waals surface area contributed by atoms with E-state index in [1.807, 2.05) is 29.2 Å². The summed E-state index contributed by atoms with van der Waals surface area (Å²) in [6.07, 6.45) is 4.54. The topological polar surface area (TPSA) is 61.4 Å². The molecule has 2 fully saturated rings. The molecule has 1 atom stereocenters. The van der Waals surface area contributed by atoms with Crippen molar-refractivity contribution in [3.05, 3.63) is 29.8 Å². The van der Waals surface area contributed by atoms with Crippen molar-refractivity contribution in [1.82, 2.24) is 10.2 Å². The van der Waals surface area contributed by atoms with Crippen LogP contribution in [0.15, 0.2) is 24.3 Å². The Morgan fingerprint density at radius 2 is 1.96 bits per heavy atom. The van der Waals surface area contributed by atoms with E-state index >= 15 is 0 Å². The number of hydrogen-bond donors (Lipinski definition) is 2. The van der Waals surface area contributed by atoms with Crippen molar-refractivity contribution < 1.29 is 9.59 Å². The van der Waals surface area contributed by atoms with Crippen molar-refractivity contribution in [2.75, 3.05) is 25.0 Å². The molecule has 144 valence electrons. The second-order valence-corrected chi connectivity index (χ2v) is 7.43. The van der Waals surface area contributed by atoms with E-state index < -0.39 is 0 Å². The molecule has 2 aliphatic rings. The molecule has 3 rings (SSSR count). The predicted octanol–water partition coefficient (Wildman–Crippen LogP) is 3.20. The molecule has 2 heterocycles. The maximum absolute atomic E-state index is 12.3. The van der Waals surface area contributed by atoms with Crippen LogP contribution in [0.5, 0.6) is 0 Å². The second-order valence-electron chi connectivity index (χ2n) is 7.43. The first-order chi connectivity index (χ1) is 12.1. The van der Waals surface area contributed by atoms with Gasteiger partial charge in [-0.1, -0.05) is 19.1 Å². The van der Waals surface area contributed by atoms with Gasteiger partial charge in [0.05, 0.1) is 0 Å². The van der Waals surface area contributed by atoms with Crippen molar-refractivity contribution in [2.24, 2.45) is 11.8 Å². The average Bonchev–Trinajstić information content (AvgIpc) is 3.02. The molecule has 0 spiro atoms. The SMILES string of the molecule is CC(CC(=O)Nc1ccc(CN2CCCC2=O)cc1)C1CCNCC1.Cl. The first kappa shape index (κ1) is 20.7. The second kappa shape index (κ2) is 9.93. The normalized spacial score (nSPS) is 19.1. The molecule has 1 aromatic rings. The summed E-state index contributed by atoms with van der Waals surface area (Å²) in [6, 6.07) is 7.86. The third kappa shape index (κ3) is 5.71. The van der Waals surface area contributed by atoms with Crippen LogP contribution < -0.4 is 10.6 Å². The number of carbonyl (C=O) groups is 2. The number of hydrogen-bond acceptors (Lipinski definition) is 3. The fourth-order valence-electron chi connectivity index (χ4n) is 3.87. The predicted molar refractivity (Wildman–Crippen MR) is 106 cm³/mol. The summed E-state index contributed by atoms with van der Waals surface area (Å²) in [5, 5.41) is 6.38. The van der Waals surface area contributed by atoms with Crippen LogP contribution in [0.2, 0.25) is 0 Å². The van der Waals surface area contributed by atoms with Crippen molar-refractivity contribution in [3.8, 4) is 0 Å². The number of halogens is 1. The quantitative estimate of drug-likeness (QED) is 0.797. The van der Waals surface area contributed by atoms with Gasteiger partial charge in [0, 0.05) is 31.6 Å². The number of benzene rings is 1. The highest BCUT2D eigenvalue weighted by Crippen LogP contribution is 2.25. The van der Waals surface area contributed by atoms with E-state index in [2.05, 4.69) is 17.6 Å². The Labute approximate surface area is 162 Å². The van der Waals surface area contributed by atoms with Gasteiger partial charge in [0.2, 0.25) is 11.8 Å². The van der Waals surface area contributed by atoms with E-state index in [4.69, 9.17) is 0 Å². The van der Waals surface area contributed by atoms with Crippen LogP contribution in [0.3, 0.4) is 0 Å². The van der Waals surface area contributed by atoms with E-state index in [0.717, 1.165) is 37.3 Å². The van der Waals surface area contributed by atoms with Gasteiger partial charge < -0.3 is 15.5 Å². The van der Waals surface area contributed by atoms with Crippen molar-refractivity contribution in [3.63, 3.8) is 0 Å². The van der Waals surface area contributed by atoms with Crippen LogP contribution >= 0.6 is 12.4 Å². The van der Waals surface area contributed by atoms with Crippen LogP contribution in [0.1, 0.15) is 44.6 Å². The minimum absolute atomic E-state index is 0. The van der Waals surface area contributed by atoms with Gasteiger partial charge in [-0.15, -0.1) is 12.4 Å². The van der Waals surface area contributed by atoms with E-state index in [9.17, 15) is 9.59 Å². The van der Waals surface area contributed by atoms with Gasteiger partial charge in [-0.3, -0.25) is 9.59 Å². The summed E-state index contributed by atoms with van der Waals surface area (Å²) >= 11 is 0. The number of carbonyl (C=O) groups excluding carboxylic acids is 2. The number of amides is 2. The minimum Gasteiger partial charge on any atom is -0.338 e. The lowest BCUT2D eigenvalue weighted by Crippen LogP contribution is -2.32. The van der Waals surface area contributed by atoms with Crippen LogP contribution in [0.25, 0.3) is 0 Å². The maximum atomic E-state index is 12.3. The zero-order valence-corrected chi connectivity index (χ0v) is 16.3. The summed E-state index contributed by atoms with van der Waals surface area (Å²) in [5.41, 5.74) is 1.94. The summed E-state index contributed by atoms with van der Waals surface area (Å²) in [7, 11) is 0. The van der Waals surface area contributed by atoms with Gasteiger partial charge in [0.15, 0.2) is 0 Å². The highest BCUT2D eigenvalue weighted by atomic mass is 35.5. The minimum atomic E-state index is 0. The molecule has 2 saturated heterocycles. The number of nitrogens with zero attached hydrogens (tertiary/aromatic N) is 1. The molecule has 6 heteroatoms. The van der Waals surface area contributed by atoms with Crippen molar-refractivity contribution >= 4 is 29.9 Å². The van der Waals surface area contributed by atoms with Crippen molar-refractivity contribution in [1.29, 1.82) is 0 Å². The Bertz CT molecular complexity index is 600. The molecule has 1 unspecified atom stereocenters. The summed E-state index contributed by atoms with van der Waals surface area (Å²) < 4.78 is 0. The molecule has 0 radical (unpaired) electrons. The third-order valence-electron chi connectivity index (χ3n) is 5.48. The lowest BCUT2D eigenvalue weighted by molar-refractivity contribution is -0.128. The van der Waals surface area contributed by atoms with Crippen LogP contribution in [0.4, 0.5) is 5.69 Å². The van der Waals surface area contributed by atoms with Crippen LogP contribution in [-0.4, -0.2) is 36.3 Å². The van der Waals surface area contributed by atoms with Gasteiger partial charge in [0.25, 0.3) is 0 Å². The number of likely N-dealkylation sites (tertiary alicyclic amines) is 1. The van der Waals surface area contributed by atoms with Gasteiger partial charge in [-0.25, -0.2) is 0 Å². The Balaban J connectivity index is 0.00000243. The molecule has 26 heavy (non-hydrogen) atoms. The maximum Gasteiger partial charge on any atom is 0.224 e. The highest BCUT2D eigenvalue weighted by molar-refractivity contribution is 5.90. The fourth-order valence-corrected chi connectivity index (χ4v) is 3.87. The number of nitrogens with one attached hydrogen (secondary N) is 2. The summed E-state index contributed by atoms with van der Waals surface area (Å²) in [6.45, 7) is 5.84. The smallest absolute Gasteiger partial charge is 0.224 e. The van der Waals surface area contributed by atoms with Gasteiger partial charge in [-0.2, -0.15) is 0 Å². The Kier molecular flexibility index (Phi) is 7.91. The summed E-state index contributed by atoms with van der Waals surface area (Å²) in [5.74, 6) is 1.40. The average molecular weight is 380 g/mol. The van der Waals surface area contributed by atoms with Gasteiger partial charge in [-0.05, 0) is 61.9 Å². The Hall–Kier alpha value is -1.59. The van der Waals surface area contributed by atoms with E-state index in [0.29, 0.717) is 31.2 Å². The van der Waals surface area contributed by atoms with E-state index in [1.54, 1.807) is 0 Å². The van der Waals surface area contributed by atoms with Crippen LogP contribution in [0, 0.1) is 11.8 Å².